The van der Waals surface area contributed by atoms with Crippen molar-refractivity contribution in [3.63, 3.8) is 0 Å². The van der Waals surface area contributed by atoms with Crippen LogP contribution in [0.4, 0.5) is 5.69 Å². The van der Waals surface area contributed by atoms with Crippen LogP contribution in [-0.2, 0) is 0 Å². The predicted octanol–water partition coefficient (Wildman–Crippen LogP) is 4.89. The summed E-state index contributed by atoms with van der Waals surface area (Å²) in [6, 6.07) is 7.10. The molecule has 3 heteroatoms. The van der Waals surface area contributed by atoms with Crippen molar-refractivity contribution in [1.29, 1.82) is 0 Å². The summed E-state index contributed by atoms with van der Waals surface area (Å²) in [5.74, 6) is 0. The molecule has 2 rings (SSSR count). The maximum absolute atomic E-state index is 3.62. The quantitative estimate of drug-likeness (QED) is 0.822. The fraction of sp³-hybridized carbons (Fsp3) is 0.647. The second-order valence-electron chi connectivity index (χ2n) is 6.45. The lowest BCUT2D eigenvalue weighted by Gasteiger charge is -2.36. The zero-order valence-corrected chi connectivity index (χ0v) is 14.8. The smallest absolute Gasteiger partial charge is 0.0419 e. The molecular weight excluding hydrogens is 312 g/mol. The zero-order chi connectivity index (χ0) is 14.8. The average molecular weight is 339 g/mol. The second kappa shape index (κ2) is 6.48. The Hall–Kier alpha value is -0.540. The van der Waals surface area contributed by atoms with E-state index in [1.165, 1.54) is 41.5 Å². The van der Waals surface area contributed by atoms with Crippen molar-refractivity contribution in [2.24, 2.45) is 0 Å². The van der Waals surface area contributed by atoms with Gasteiger partial charge in [0.05, 0.1) is 0 Å². The van der Waals surface area contributed by atoms with E-state index in [9.17, 15) is 0 Å². The molecule has 20 heavy (non-hydrogen) atoms. The summed E-state index contributed by atoms with van der Waals surface area (Å²) in [5, 5.41) is 3.62. The molecule has 0 amide bonds. The Morgan fingerprint density at radius 2 is 2.15 bits per heavy atom. The molecule has 1 aliphatic rings. The van der Waals surface area contributed by atoms with E-state index in [4.69, 9.17) is 0 Å². The zero-order valence-electron chi connectivity index (χ0n) is 13.2. The van der Waals surface area contributed by atoms with Gasteiger partial charge in [-0.1, -0.05) is 22.9 Å². The Bertz CT molecular complexity index is 456. The molecule has 0 saturated carbocycles. The molecule has 1 fully saturated rings. The first-order valence-corrected chi connectivity index (χ1v) is 8.55. The SMILES string of the molecule is CCCNC(C)c1cc(Br)ccc1N1CCCC1(C)C. The summed E-state index contributed by atoms with van der Waals surface area (Å²) in [6.45, 7) is 11.4. The van der Waals surface area contributed by atoms with Crippen LogP contribution in [0.15, 0.2) is 22.7 Å². The Kier molecular flexibility index (Phi) is 5.14. The van der Waals surface area contributed by atoms with E-state index in [-0.39, 0.29) is 5.54 Å². The maximum Gasteiger partial charge on any atom is 0.0419 e. The van der Waals surface area contributed by atoms with Gasteiger partial charge in [-0.3, -0.25) is 0 Å². The van der Waals surface area contributed by atoms with E-state index in [1.54, 1.807) is 0 Å². The minimum atomic E-state index is 0.271. The largest absolute Gasteiger partial charge is 0.366 e. The highest BCUT2D eigenvalue weighted by Crippen LogP contribution is 2.38. The van der Waals surface area contributed by atoms with Gasteiger partial charge in [0.15, 0.2) is 0 Å². The highest BCUT2D eigenvalue weighted by Gasteiger charge is 2.33. The van der Waals surface area contributed by atoms with Gasteiger partial charge in [-0.2, -0.15) is 0 Å². The lowest BCUT2D eigenvalue weighted by Crippen LogP contribution is -2.39. The van der Waals surface area contributed by atoms with Gasteiger partial charge in [0.2, 0.25) is 0 Å². The molecule has 112 valence electrons. The molecule has 2 nitrogen and oxygen atoms in total. The number of hydrogen-bond donors (Lipinski definition) is 1. The van der Waals surface area contributed by atoms with Crippen LogP contribution >= 0.6 is 15.9 Å². The summed E-state index contributed by atoms with van der Waals surface area (Å²) in [4.78, 5) is 2.58. The molecule has 0 bridgehead atoms. The molecule has 1 N–H and O–H groups in total. The van der Waals surface area contributed by atoms with Crippen molar-refractivity contribution < 1.29 is 0 Å². The number of nitrogens with zero attached hydrogens (tertiary/aromatic N) is 1. The Labute approximate surface area is 132 Å². The molecule has 0 radical (unpaired) electrons. The van der Waals surface area contributed by atoms with Crippen LogP contribution in [0.25, 0.3) is 0 Å². The van der Waals surface area contributed by atoms with Gasteiger partial charge in [-0.05, 0) is 70.3 Å². The van der Waals surface area contributed by atoms with Crippen LogP contribution in [0.2, 0.25) is 0 Å². The Balaban J connectivity index is 2.33. The number of benzene rings is 1. The van der Waals surface area contributed by atoms with E-state index in [2.05, 4.69) is 72.0 Å². The van der Waals surface area contributed by atoms with Gasteiger partial charge >= 0.3 is 0 Å². The molecule has 1 saturated heterocycles. The fourth-order valence-corrected chi connectivity index (χ4v) is 3.52. The van der Waals surface area contributed by atoms with Crippen LogP contribution in [0.5, 0.6) is 0 Å². The number of rotatable bonds is 5. The van der Waals surface area contributed by atoms with Gasteiger partial charge in [0, 0.05) is 28.3 Å². The van der Waals surface area contributed by atoms with Crippen molar-refractivity contribution in [3.05, 3.63) is 28.2 Å². The van der Waals surface area contributed by atoms with Gasteiger partial charge in [-0.25, -0.2) is 0 Å². The molecule has 0 aromatic heterocycles. The van der Waals surface area contributed by atoms with Crippen molar-refractivity contribution in [2.45, 2.75) is 58.5 Å². The molecular formula is C17H27BrN2. The molecule has 1 aliphatic heterocycles. The minimum Gasteiger partial charge on any atom is -0.366 e. The molecule has 1 atom stereocenters. The lowest BCUT2D eigenvalue weighted by molar-refractivity contribution is 0.511. The van der Waals surface area contributed by atoms with E-state index in [0.29, 0.717) is 6.04 Å². The topological polar surface area (TPSA) is 15.3 Å². The summed E-state index contributed by atoms with van der Waals surface area (Å²) in [5.41, 5.74) is 3.07. The van der Waals surface area contributed by atoms with Crippen LogP contribution < -0.4 is 10.2 Å². The molecule has 1 unspecified atom stereocenters. The number of nitrogens with one attached hydrogen (secondary N) is 1. The number of anilines is 1. The van der Waals surface area contributed by atoms with Crippen molar-refractivity contribution in [2.75, 3.05) is 18.0 Å². The summed E-state index contributed by atoms with van der Waals surface area (Å²) < 4.78 is 1.17. The summed E-state index contributed by atoms with van der Waals surface area (Å²) in [6.07, 6.45) is 3.74. The highest BCUT2D eigenvalue weighted by molar-refractivity contribution is 9.10. The van der Waals surface area contributed by atoms with Crippen molar-refractivity contribution in [3.8, 4) is 0 Å². The molecule has 1 aromatic rings. The molecule has 1 aromatic carbocycles. The number of hydrogen-bond acceptors (Lipinski definition) is 2. The fourth-order valence-electron chi connectivity index (χ4n) is 3.14. The van der Waals surface area contributed by atoms with E-state index in [0.717, 1.165) is 6.54 Å². The maximum atomic E-state index is 3.62. The first-order valence-electron chi connectivity index (χ1n) is 7.76. The van der Waals surface area contributed by atoms with E-state index < -0.39 is 0 Å². The molecule has 1 heterocycles. The third-order valence-electron chi connectivity index (χ3n) is 4.35. The second-order valence-corrected chi connectivity index (χ2v) is 7.36. The molecule has 0 aliphatic carbocycles. The van der Waals surface area contributed by atoms with Crippen molar-refractivity contribution in [1.82, 2.24) is 5.32 Å². The lowest BCUT2D eigenvalue weighted by atomic mass is 9.98. The monoisotopic (exact) mass is 338 g/mol. The Morgan fingerprint density at radius 1 is 1.40 bits per heavy atom. The normalized spacial score (nSPS) is 19.4. The van der Waals surface area contributed by atoms with Crippen LogP contribution in [0.1, 0.15) is 58.6 Å². The third-order valence-corrected chi connectivity index (χ3v) is 4.84. The first-order chi connectivity index (χ1) is 9.45. The first kappa shape index (κ1) is 15.8. The van der Waals surface area contributed by atoms with E-state index in [1.807, 2.05) is 0 Å². The predicted molar refractivity (Wildman–Crippen MR) is 91.5 cm³/mol. The third kappa shape index (κ3) is 3.37. The Morgan fingerprint density at radius 3 is 2.75 bits per heavy atom. The van der Waals surface area contributed by atoms with Gasteiger partial charge in [0.25, 0.3) is 0 Å². The summed E-state index contributed by atoms with van der Waals surface area (Å²) in [7, 11) is 0. The minimum absolute atomic E-state index is 0.271. The van der Waals surface area contributed by atoms with Gasteiger partial charge in [0.1, 0.15) is 0 Å². The van der Waals surface area contributed by atoms with Gasteiger partial charge in [-0.15, -0.1) is 0 Å². The van der Waals surface area contributed by atoms with Crippen LogP contribution in [-0.4, -0.2) is 18.6 Å². The van der Waals surface area contributed by atoms with Crippen molar-refractivity contribution >= 4 is 21.6 Å². The average Bonchev–Trinajstić information content (AvgIpc) is 2.75. The van der Waals surface area contributed by atoms with Crippen LogP contribution in [0.3, 0.4) is 0 Å². The van der Waals surface area contributed by atoms with Crippen LogP contribution in [0, 0.1) is 0 Å². The van der Waals surface area contributed by atoms with Gasteiger partial charge < -0.3 is 10.2 Å². The molecule has 0 spiro atoms. The standard InChI is InChI=1S/C17H27BrN2/c1-5-10-19-13(2)15-12-14(18)7-8-16(15)20-11-6-9-17(20,3)4/h7-8,12-13,19H,5-6,9-11H2,1-4H3. The highest BCUT2D eigenvalue weighted by atomic mass is 79.9. The number of halogens is 1. The van der Waals surface area contributed by atoms with E-state index >= 15 is 0 Å². The summed E-state index contributed by atoms with van der Waals surface area (Å²) >= 11 is 3.62.